The number of alkyl halides is 2. The Morgan fingerprint density at radius 3 is 2.59 bits per heavy atom. The van der Waals surface area contributed by atoms with E-state index in [9.17, 15) is 8.78 Å². The Hall–Kier alpha value is -1.16. The summed E-state index contributed by atoms with van der Waals surface area (Å²) in [5.41, 5.74) is -0.0131. The first-order valence-electron chi connectivity index (χ1n) is 5.96. The number of aromatic hydroxyl groups is 1. The minimum Gasteiger partial charge on any atom is -0.508 e. The highest BCUT2D eigenvalue weighted by atomic mass is 19.3. The third-order valence-electron chi connectivity index (χ3n) is 3.23. The molecule has 0 amide bonds. The molecule has 0 spiro atoms. The SMILES string of the molecule is Oc1ccc(C(F)(F)CC2CCCNC2)cc1. The lowest BCUT2D eigenvalue weighted by Gasteiger charge is -2.27. The van der Waals surface area contributed by atoms with Crippen molar-refractivity contribution in [3.8, 4) is 5.75 Å². The minimum atomic E-state index is -2.81. The van der Waals surface area contributed by atoms with E-state index in [4.69, 9.17) is 5.11 Å². The Kier molecular flexibility index (Phi) is 3.62. The van der Waals surface area contributed by atoms with Gasteiger partial charge in [0.15, 0.2) is 0 Å². The summed E-state index contributed by atoms with van der Waals surface area (Å²) in [6, 6.07) is 5.21. The largest absolute Gasteiger partial charge is 0.508 e. The van der Waals surface area contributed by atoms with Crippen LogP contribution in [0.3, 0.4) is 0 Å². The zero-order valence-corrected chi connectivity index (χ0v) is 9.63. The summed E-state index contributed by atoms with van der Waals surface area (Å²) in [6.07, 6.45) is 1.71. The van der Waals surface area contributed by atoms with Crippen LogP contribution >= 0.6 is 0 Å². The highest BCUT2D eigenvalue weighted by molar-refractivity contribution is 5.28. The molecule has 1 unspecified atom stereocenters. The number of rotatable bonds is 3. The Bertz CT molecular complexity index is 358. The van der Waals surface area contributed by atoms with Gasteiger partial charge in [0.2, 0.25) is 0 Å². The average Bonchev–Trinajstić information content (AvgIpc) is 2.30. The number of nitrogens with one attached hydrogen (secondary N) is 1. The van der Waals surface area contributed by atoms with Gasteiger partial charge in [-0.3, -0.25) is 0 Å². The molecule has 1 aliphatic heterocycles. The topological polar surface area (TPSA) is 32.3 Å². The van der Waals surface area contributed by atoms with Gasteiger partial charge in [0.1, 0.15) is 5.75 Å². The molecule has 1 atom stereocenters. The quantitative estimate of drug-likeness (QED) is 0.852. The van der Waals surface area contributed by atoms with Crippen molar-refractivity contribution >= 4 is 0 Å². The standard InChI is InChI=1S/C13H17F2NO/c14-13(15,8-10-2-1-7-16-9-10)11-3-5-12(17)6-4-11/h3-6,10,16-17H,1-2,7-9H2. The highest BCUT2D eigenvalue weighted by Crippen LogP contribution is 2.36. The van der Waals surface area contributed by atoms with Gasteiger partial charge < -0.3 is 10.4 Å². The fourth-order valence-electron chi connectivity index (χ4n) is 2.28. The molecule has 2 N–H and O–H groups in total. The van der Waals surface area contributed by atoms with Gasteiger partial charge in [-0.25, -0.2) is 8.78 Å². The fourth-order valence-corrected chi connectivity index (χ4v) is 2.28. The second kappa shape index (κ2) is 5.00. The Morgan fingerprint density at radius 1 is 1.29 bits per heavy atom. The molecule has 0 bridgehead atoms. The summed E-state index contributed by atoms with van der Waals surface area (Å²) >= 11 is 0. The fraction of sp³-hybridized carbons (Fsp3) is 0.538. The van der Waals surface area contributed by atoms with Gasteiger partial charge in [-0.05, 0) is 56.1 Å². The second-order valence-electron chi connectivity index (χ2n) is 4.67. The molecule has 94 valence electrons. The van der Waals surface area contributed by atoms with E-state index in [1.165, 1.54) is 24.3 Å². The van der Waals surface area contributed by atoms with Gasteiger partial charge in [0, 0.05) is 12.0 Å². The molecule has 0 aliphatic carbocycles. The first kappa shape index (κ1) is 12.3. The van der Waals surface area contributed by atoms with Crippen molar-refractivity contribution in [1.82, 2.24) is 5.32 Å². The van der Waals surface area contributed by atoms with Crippen LogP contribution in [-0.2, 0) is 5.92 Å². The molecule has 1 aliphatic rings. The van der Waals surface area contributed by atoms with Crippen LogP contribution in [0.2, 0.25) is 0 Å². The summed E-state index contributed by atoms with van der Waals surface area (Å²) in [5.74, 6) is -2.76. The number of hydrogen-bond donors (Lipinski definition) is 2. The molecule has 2 nitrogen and oxygen atoms in total. The smallest absolute Gasteiger partial charge is 0.273 e. The molecule has 1 aromatic carbocycles. The predicted molar refractivity (Wildman–Crippen MR) is 62.2 cm³/mol. The van der Waals surface area contributed by atoms with Gasteiger partial charge in [0.25, 0.3) is 5.92 Å². The number of hydrogen-bond acceptors (Lipinski definition) is 2. The van der Waals surface area contributed by atoms with Crippen LogP contribution in [0.4, 0.5) is 8.78 Å². The van der Waals surface area contributed by atoms with Crippen molar-refractivity contribution in [2.75, 3.05) is 13.1 Å². The summed E-state index contributed by atoms with van der Waals surface area (Å²) in [6.45, 7) is 1.61. The van der Waals surface area contributed by atoms with Crippen LogP contribution < -0.4 is 5.32 Å². The molecule has 1 saturated heterocycles. The van der Waals surface area contributed by atoms with Gasteiger partial charge in [-0.2, -0.15) is 0 Å². The molecule has 1 fully saturated rings. The molecule has 0 radical (unpaired) electrons. The summed E-state index contributed by atoms with van der Waals surface area (Å²) < 4.78 is 27.9. The summed E-state index contributed by atoms with van der Waals surface area (Å²) in [4.78, 5) is 0. The molecule has 4 heteroatoms. The first-order valence-corrected chi connectivity index (χ1v) is 5.96. The van der Waals surface area contributed by atoms with Crippen LogP contribution in [0.5, 0.6) is 5.75 Å². The van der Waals surface area contributed by atoms with Crippen molar-refractivity contribution in [2.24, 2.45) is 5.92 Å². The zero-order valence-electron chi connectivity index (χ0n) is 9.63. The van der Waals surface area contributed by atoms with Crippen LogP contribution in [0.1, 0.15) is 24.8 Å². The van der Waals surface area contributed by atoms with E-state index in [0.717, 1.165) is 19.4 Å². The maximum Gasteiger partial charge on any atom is 0.273 e. The molecular weight excluding hydrogens is 224 g/mol. The lowest BCUT2D eigenvalue weighted by molar-refractivity contribution is -0.0317. The number of halogens is 2. The number of phenolic OH excluding ortho intramolecular Hbond substituents is 1. The van der Waals surface area contributed by atoms with Crippen LogP contribution in [0.25, 0.3) is 0 Å². The zero-order chi connectivity index (χ0) is 12.3. The van der Waals surface area contributed by atoms with Gasteiger partial charge in [0.05, 0.1) is 0 Å². The maximum atomic E-state index is 14.0. The van der Waals surface area contributed by atoms with Crippen molar-refractivity contribution in [2.45, 2.75) is 25.2 Å². The number of benzene rings is 1. The van der Waals surface area contributed by atoms with Gasteiger partial charge in [-0.1, -0.05) is 0 Å². The van der Waals surface area contributed by atoms with E-state index in [1.54, 1.807) is 0 Å². The van der Waals surface area contributed by atoms with Crippen LogP contribution in [0.15, 0.2) is 24.3 Å². The van der Waals surface area contributed by atoms with Crippen molar-refractivity contribution in [3.05, 3.63) is 29.8 Å². The number of phenols is 1. The van der Waals surface area contributed by atoms with Gasteiger partial charge in [-0.15, -0.1) is 0 Å². The van der Waals surface area contributed by atoms with E-state index in [-0.39, 0.29) is 23.7 Å². The average molecular weight is 241 g/mol. The molecule has 0 aromatic heterocycles. The van der Waals surface area contributed by atoms with E-state index in [2.05, 4.69) is 5.32 Å². The Morgan fingerprint density at radius 2 is 2.00 bits per heavy atom. The predicted octanol–water partition coefficient (Wildman–Crippen LogP) is 2.87. The second-order valence-corrected chi connectivity index (χ2v) is 4.67. The number of piperidine rings is 1. The molecular formula is C13H17F2NO. The molecule has 0 saturated carbocycles. The van der Waals surface area contributed by atoms with E-state index < -0.39 is 5.92 Å². The highest BCUT2D eigenvalue weighted by Gasteiger charge is 2.34. The summed E-state index contributed by atoms with van der Waals surface area (Å²) in [7, 11) is 0. The van der Waals surface area contributed by atoms with Crippen molar-refractivity contribution < 1.29 is 13.9 Å². The van der Waals surface area contributed by atoms with Crippen molar-refractivity contribution in [3.63, 3.8) is 0 Å². The minimum absolute atomic E-state index is 0.0131. The molecule has 17 heavy (non-hydrogen) atoms. The third-order valence-corrected chi connectivity index (χ3v) is 3.23. The Labute approximate surface area is 99.7 Å². The van der Waals surface area contributed by atoms with Gasteiger partial charge >= 0.3 is 0 Å². The molecule has 2 rings (SSSR count). The molecule has 1 aromatic rings. The molecule has 1 heterocycles. The maximum absolute atomic E-state index is 14.0. The van der Waals surface area contributed by atoms with E-state index >= 15 is 0 Å². The normalized spacial score (nSPS) is 21.4. The van der Waals surface area contributed by atoms with E-state index in [0.29, 0.717) is 6.54 Å². The van der Waals surface area contributed by atoms with Crippen molar-refractivity contribution in [1.29, 1.82) is 0 Å². The lowest BCUT2D eigenvalue weighted by Crippen LogP contribution is -2.33. The van der Waals surface area contributed by atoms with Crippen LogP contribution in [0, 0.1) is 5.92 Å². The Balaban J connectivity index is 2.04. The first-order chi connectivity index (χ1) is 8.08. The lowest BCUT2D eigenvalue weighted by atomic mass is 9.90. The van der Waals surface area contributed by atoms with E-state index in [1.807, 2.05) is 0 Å². The third kappa shape index (κ3) is 3.16. The monoisotopic (exact) mass is 241 g/mol. The van der Waals surface area contributed by atoms with Crippen LogP contribution in [-0.4, -0.2) is 18.2 Å². The summed E-state index contributed by atoms with van der Waals surface area (Å²) in [5, 5.41) is 12.2.